The first kappa shape index (κ1) is 15.6. The van der Waals surface area contributed by atoms with Crippen LogP contribution in [0.15, 0.2) is 30.3 Å². The van der Waals surface area contributed by atoms with E-state index in [1.165, 1.54) is 6.07 Å². The van der Waals surface area contributed by atoms with E-state index in [1.54, 1.807) is 12.1 Å². The van der Waals surface area contributed by atoms with Gasteiger partial charge < -0.3 is 4.74 Å². The smallest absolute Gasteiger partial charge is 0.191 e. The Morgan fingerprint density at radius 1 is 1.14 bits per heavy atom. The van der Waals surface area contributed by atoms with Crippen molar-refractivity contribution in [2.75, 3.05) is 0 Å². The van der Waals surface area contributed by atoms with E-state index in [0.29, 0.717) is 21.7 Å². The summed E-state index contributed by atoms with van der Waals surface area (Å²) < 4.78 is 32.6. The number of nitriles is 1. The van der Waals surface area contributed by atoms with Gasteiger partial charge in [-0.3, -0.25) is 0 Å². The van der Waals surface area contributed by atoms with Gasteiger partial charge in [0.25, 0.3) is 0 Å². The topological polar surface area (TPSA) is 33.0 Å². The Bertz CT molecular complexity index is 690. The van der Waals surface area contributed by atoms with Crippen molar-refractivity contribution >= 4 is 23.2 Å². The van der Waals surface area contributed by atoms with Crippen LogP contribution >= 0.6 is 23.2 Å². The van der Waals surface area contributed by atoms with Gasteiger partial charge in [0, 0.05) is 16.5 Å². The molecule has 2 nitrogen and oxygen atoms in total. The first-order chi connectivity index (χ1) is 10.0. The van der Waals surface area contributed by atoms with E-state index < -0.39 is 17.4 Å². The number of nitrogens with zero attached hydrogens (tertiary/aromatic N) is 1. The normalized spacial score (nSPS) is 10.2. The van der Waals surface area contributed by atoms with Gasteiger partial charge in [-0.1, -0.05) is 17.7 Å². The van der Waals surface area contributed by atoms with Crippen LogP contribution < -0.4 is 4.74 Å². The second-order valence-electron chi connectivity index (χ2n) is 4.23. The third kappa shape index (κ3) is 3.63. The molecule has 0 bridgehead atoms. The highest BCUT2D eigenvalue weighted by molar-refractivity contribution is 6.31. The van der Waals surface area contributed by atoms with Crippen molar-refractivity contribution in [3.8, 4) is 11.8 Å². The summed E-state index contributed by atoms with van der Waals surface area (Å²) in [5, 5.41) is 9.03. The standard InChI is InChI=1S/C15H9Cl2F2NO/c16-6-10-4-13(18)15(14(19)5-10)21-8-11-2-1-9(7-20)3-12(11)17/h1-5H,6,8H2. The SMILES string of the molecule is N#Cc1ccc(COc2c(F)cc(CCl)cc2F)c(Cl)c1. The average Bonchev–Trinajstić information content (AvgIpc) is 2.47. The largest absolute Gasteiger partial charge is 0.483 e. The monoisotopic (exact) mass is 327 g/mol. The van der Waals surface area contributed by atoms with E-state index in [0.717, 1.165) is 12.1 Å². The first-order valence-electron chi connectivity index (χ1n) is 5.90. The summed E-state index contributed by atoms with van der Waals surface area (Å²) in [5.41, 5.74) is 1.25. The third-order valence-electron chi connectivity index (χ3n) is 2.77. The van der Waals surface area contributed by atoms with E-state index in [9.17, 15) is 8.78 Å². The molecule has 0 radical (unpaired) electrons. The molecule has 0 fully saturated rings. The molecule has 108 valence electrons. The summed E-state index contributed by atoms with van der Waals surface area (Å²) in [6, 6.07) is 8.76. The van der Waals surface area contributed by atoms with Gasteiger partial charge in [-0.05, 0) is 29.8 Å². The summed E-state index contributed by atoms with van der Waals surface area (Å²) in [4.78, 5) is 0. The number of halogens is 4. The lowest BCUT2D eigenvalue weighted by Gasteiger charge is -2.10. The quantitative estimate of drug-likeness (QED) is 0.755. The number of ether oxygens (including phenoxy) is 1. The van der Waals surface area contributed by atoms with E-state index >= 15 is 0 Å². The molecule has 0 saturated carbocycles. The molecule has 0 aliphatic heterocycles. The molecule has 6 heteroatoms. The minimum absolute atomic E-state index is 0.00949. The second-order valence-corrected chi connectivity index (χ2v) is 4.90. The molecule has 0 aromatic heterocycles. The van der Waals surface area contributed by atoms with Crippen LogP contribution in [0, 0.1) is 23.0 Å². The van der Waals surface area contributed by atoms with Crippen LogP contribution in [0.2, 0.25) is 5.02 Å². The molecule has 21 heavy (non-hydrogen) atoms. The molecule has 0 aliphatic rings. The van der Waals surface area contributed by atoms with Crippen molar-refractivity contribution < 1.29 is 13.5 Å². The van der Waals surface area contributed by atoms with Gasteiger partial charge in [-0.15, -0.1) is 11.6 Å². The Kier molecular flexibility index (Phi) is 5.00. The molecule has 0 heterocycles. The summed E-state index contributed by atoms with van der Waals surface area (Å²) in [6.45, 7) is -0.112. The van der Waals surface area contributed by atoms with Gasteiger partial charge in [0.2, 0.25) is 0 Å². The summed E-state index contributed by atoms with van der Waals surface area (Å²) in [5.74, 6) is -2.12. The Labute approximate surface area is 130 Å². The lowest BCUT2D eigenvalue weighted by molar-refractivity contribution is 0.274. The average molecular weight is 328 g/mol. The van der Waals surface area contributed by atoms with Crippen molar-refractivity contribution in [3.63, 3.8) is 0 Å². The number of alkyl halides is 1. The summed E-state index contributed by atoms with van der Waals surface area (Å²) in [6.07, 6.45) is 0. The maximum absolute atomic E-state index is 13.7. The molecule has 0 atom stereocenters. The molecule has 2 rings (SSSR count). The lowest BCUT2D eigenvalue weighted by Crippen LogP contribution is -2.01. The molecule has 0 N–H and O–H groups in total. The van der Waals surface area contributed by atoms with Gasteiger partial charge in [-0.2, -0.15) is 5.26 Å². The number of hydrogen-bond acceptors (Lipinski definition) is 2. The second kappa shape index (κ2) is 6.75. The van der Waals surface area contributed by atoms with E-state index in [4.69, 9.17) is 33.2 Å². The minimum Gasteiger partial charge on any atom is -0.483 e. The maximum atomic E-state index is 13.7. The third-order valence-corrected chi connectivity index (χ3v) is 3.43. The number of benzene rings is 2. The van der Waals surface area contributed by atoms with Crippen LogP contribution in [0.3, 0.4) is 0 Å². The van der Waals surface area contributed by atoms with E-state index in [-0.39, 0.29) is 12.5 Å². The molecule has 0 aliphatic carbocycles. The predicted octanol–water partition coefficient (Wildman–Crippen LogP) is 4.81. The van der Waals surface area contributed by atoms with E-state index in [1.807, 2.05) is 6.07 Å². The molecule has 2 aromatic rings. The highest BCUT2D eigenvalue weighted by Gasteiger charge is 2.13. The Morgan fingerprint density at radius 2 is 1.81 bits per heavy atom. The van der Waals surface area contributed by atoms with Gasteiger partial charge in [0.05, 0.1) is 11.6 Å². The first-order valence-corrected chi connectivity index (χ1v) is 6.81. The van der Waals surface area contributed by atoms with Crippen molar-refractivity contribution in [3.05, 3.63) is 63.7 Å². The Hall–Kier alpha value is -1.83. The van der Waals surface area contributed by atoms with Crippen LogP contribution in [0.1, 0.15) is 16.7 Å². The van der Waals surface area contributed by atoms with E-state index in [2.05, 4.69) is 0 Å². The van der Waals surface area contributed by atoms with Crippen molar-refractivity contribution in [2.45, 2.75) is 12.5 Å². The highest BCUT2D eigenvalue weighted by Crippen LogP contribution is 2.26. The highest BCUT2D eigenvalue weighted by atomic mass is 35.5. The maximum Gasteiger partial charge on any atom is 0.191 e. The molecular weight excluding hydrogens is 319 g/mol. The molecule has 0 unspecified atom stereocenters. The van der Waals surface area contributed by atoms with Crippen LogP contribution in [-0.2, 0) is 12.5 Å². The summed E-state index contributed by atoms with van der Waals surface area (Å²) >= 11 is 11.5. The van der Waals surface area contributed by atoms with Crippen molar-refractivity contribution in [2.24, 2.45) is 0 Å². The number of hydrogen-bond donors (Lipinski definition) is 0. The fourth-order valence-corrected chi connectivity index (χ4v) is 2.10. The van der Waals surface area contributed by atoms with Crippen molar-refractivity contribution in [1.82, 2.24) is 0 Å². The van der Waals surface area contributed by atoms with Crippen LogP contribution in [0.25, 0.3) is 0 Å². The fraction of sp³-hybridized carbons (Fsp3) is 0.133. The Balaban J connectivity index is 2.19. The molecular formula is C15H9Cl2F2NO. The van der Waals surface area contributed by atoms with Gasteiger partial charge >= 0.3 is 0 Å². The predicted molar refractivity (Wildman–Crippen MR) is 76.4 cm³/mol. The zero-order chi connectivity index (χ0) is 15.4. The zero-order valence-electron chi connectivity index (χ0n) is 10.7. The molecule has 2 aromatic carbocycles. The zero-order valence-corrected chi connectivity index (χ0v) is 12.2. The van der Waals surface area contributed by atoms with Crippen LogP contribution in [0.5, 0.6) is 5.75 Å². The van der Waals surface area contributed by atoms with Gasteiger partial charge in [-0.25, -0.2) is 8.78 Å². The molecule has 0 saturated heterocycles. The van der Waals surface area contributed by atoms with Gasteiger partial charge in [0.15, 0.2) is 17.4 Å². The van der Waals surface area contributed by atoms with Crippen LogP contribution in [0.4, 0.5) is 8.78 Å². The van der Waals surface area contributed by atoms with Crippen molar-refractivity contribution in [1.29, 1.82) is 5.26 Å². The number of rotatable bonds is 4. The Morgan fingerprint density at radius 3 is 2.33 bits per heavy atom. The molecule has 0 spiro atoms. The minimum atomic E-state index is -0.824. The summed E-state index contributed by atoms with van der Waals surface area (Å²) in [7, 11) is 0. The van der Waals surface area contributed by atoms with Crippen LogP contribution in [-0.4, -0.2) is 0 Å². The molecule has 0 amide bonds. The fourth-order valence-electron chi connectivity index (χ4n) is 1.71. The van der Waals surface area contributed by atoms with Gasteiger partial charge in [0.1, 0.15) is 6.61 Å². The lowest BCUT2D eigenvalue weighted by atomic mass is 10.1.